The fourth-order valence-corrected chi connectivity index (χ4v) is 3.14. The van der Waals surface area contributed by atoms with Crippen molar-refractivity contribution in [3.63, 3.8) is 0 Å². The zero-order chi connectivity index (χ0) is 13.7. The molecule has 3 rings (SSSR count). The number of hydrogen-bond acceptors (Lipinski definition) is 2. The lowest BCUT2D eigenvalue weighted by atomic mass is 10.0. The first-order valence-corrected chi connectivity index (χ1v) is 6.86. The number of anilines is 1. The molecule has 0 bridgehead atoms. The van der Waals surface area contributed by atoms with E-state index in [1.165, 1.54) is 0 Å². The summed E-state index contributed by atoms with van der Waals surface area (Å²) in [6, 6.07) is 4.10. The maximum Gasteiger partial charge on any atom is 0.332 e. The van der Waals surface area contributed by atoms with Gasteiger partial charge in [-0.1, -0.05) is 30.1 Å². The summed E-state index contributed by atoms with van der Waals surface area (Å²) in [7, 11) is 0. The molecule has 3 amide bonds. The standard InChI is InChI=1S/C13H12Cl2N2O2/c1-7-4-5-16-11(7)12(18)17(13(16)19)10-6-8(14)2-3-9(10)15/h2-3,6-7,11H,4-5H2,1H3. The normalized spacial score (nSPS) is 26.3. The van der Waals surface area contributed by atoms with E-state index in [0.29, 0.717) is 22.3 Å². The van der Waals surface area contributed by atoms with Gasteiger partial charge in [-0.25, -0.2) is 9.69 Å². The number of halogens is 2. The highest BCUT2D eigenvalue weighted by molar-refractivity contribution is 6.37. The van der Waals surface area contributed by atoms with Gasteiger partial charge in [-0.15, -0.1) is 0 Å². The molecule has 19 heavy (non-hydrogen) atoms. The zero-order valence-electron chi connectivity index (χ0n) is 10.3. The summed E-state index contributed by atoms with van der Waals surface area (Å²) in [5.41, 5.74) is 0.366. The minimum Gasteiger partial charge on any atom is -0.312 e. The molecular formula is C13H12Cl2N2O2. The number of urea groups is 1. The Kier molecular flexibility index (Phi) is 2.95. The Hall–Kier alpha value is -1.26. The second kappa shape index (κ2) is 4.39. The molecule has 0 saturated carbocycles. The fourth-order valence-electron chi connectivity index (χ4n) is 2.77. The van der Waals surface area contributed by atoms with Crippen LogP contribution in [0.15, 0.2) is 18.2 Å². The van der Waals surface area contributed by atoms with Gasteiger partial charge >= 0.3 is 6.03 Å². The average molecular weight is 299 g/mol. The first kappa shape index (κ1) is 12.8. The van der Waals surface area contributed by atoms with E-state index < -0.39 is 0 Å². The molecule has 2 heterocycles. The number of carbonyl (C=O) groups is 2. The van der Waals surface area contributed by atoms with Crippen LogP contribution in [0.2, 0.25) is 10.0 Å². The number of carbonyl (C=O) groups excluding carboxylic acids is 2. The van der Waals surface area contributed by atoms with E-state index in [-0.39, 0.29) is 23.9 Å². The Morgan fingerprint density at radius 3 is 2.68 bits per heavy atom. The van der Waals surface area contributed by atoms with Crippen molar-refractivity contribution in [1.82, 2.24) is 4.90 Å². The van der Waals surface area contributed by atoms with E-state index in [2.05, 4.69) is 0 Å². The van der Waals surface area contributed by atoms with Crippen LogP contribution >= 0.6 is 23.2 Å². The SMILES string of the molecule is CC1CCN2C(=O)N(c3cc(Cl)ccc3Cl)C(=O)C12. The molecule has 100 valence electrons. The van der Waals surface area contributed by atoms with Crippen molar-refractivity contribution in [3.05, 3.63) is 28.2 Å². The van der Waals surface area contributed by atoms with E-state index >= 15 is 0 Å². The summed E-state index contributed by atoms with van der Waals surface area (Å²) >= 11 is 12.0. The van der Waals surface area contributed by atoms with Crippen molar-refractivity contribution >= 4 is 40.8 Å². The predicted molar refractivity (Wildman–Crippen MR) is 73.6 cm³/mol. The monoisotopic (exact) mass is 298 g/mol. The number of fused-ring (bicyclic) bond motifs is 1. The third-order valence-corrected chi connectivity index (χ3v) is 4.31. The maximum atomic E-state index is 12.4. The quantitative estimate of drug-likeness (QED) is 0.747. The lowest BCUT2D eigenvalue weighted by Gasteiger charge is -2.17. The van der Waals surface area contributed by atoms with Gasteiger partial charge in [-0.2, -0.15) is 0 Å². The van der Waals surface area contributed by atoms with Crippen molar-refractivity contribution in [3.8, 4) is 0 Å². The van der Waals surface area contributed by atoms with Gasteiger partial charge in [0.15, 0.2) is 0 Å². The fraction of sp³-hybridized carbons (Fsp3) is 0.385. The average Bonchev–Trinajstić information content (AvgIpc) is 2.85. The van der Waals surface area contributed by atoms with E-state index in [1.807, 2.05) is 6.92 Å². The van der Waals surface area contributed by atoms with Crippen LogP contribution in [-0.2, 0) is 4.79 Å². The molecule has 2 unspecified atom stereocenters. The van der Waals surface area contributed by atoms with Crippen LogP contribution in [0.3, 0.4) is 0 Å². The Morgan fingerprint density at radius 1 is 1.26 bits per heavy atom. The molecule has 2 aliphatic heterocycles. The second-order valence-corrected chi connectivity index (χ2v) is 5.80. The van der Waals surface area contributed by atoms with E-state index in [9.17, 15) is 9.59 Å². The van der Waals surface area contributed by atoms with Crippen LogP contribution in [0.5, 0.6) is 0 Å². The van der Waals surface area contributed by atoms with Gasteiger partial charge in [0.05, 0.1) is 10.7 Å². The number of imide groups is 1. The third-order valence-electron chi connectivity index (χ3n) is 3.76. The van der Waals surface area contributed by atoms with Crippen molar-refractivity contribution in [2.75, 3.05) is 11.4 Å². The van der Waals surface area contributed by atoms with Gasteiger partial charge in [0.25, 0.3) is 5.91 Å². The molecule has 1 aromatic carbocycles. The Balaban J connectivity index is 2.05. The van der Waals surface area contributed by atoms with Crippen LogP contribution in [0.4, 0.5) is 10.5 Å². The number of rotatable bonds is 1. The van der Waals surface area contributed by atoms with Crippen LogP contribution < -0.4 is 4.90 Å². The first-order valence-electron chi connectivity index (χ1n) is 6.10. The van der Waals surface area contributed by atoms with Crippen LogP contribution in [0.1, 0.15) is 13.3 Å². The summed E-state index contributed by atoms with van der Waals surface area (Å²) in [6.07, 6.45) is 0.860. The molecule has 0 N–H and O–H groups in total. The Labute approximate surface area is 120 Å². The lowest BCUT2D eigenvalue weighted by molar-refractivity contribution is -0.120. The molecular weight excluding hydrogens is 287 g/mol. The summed E-state index contributed by atoms with van der Waals surface area (Å²) in [6.45, 7) is 2.60. The first-order chi connectivity index (χ1) is 9.00. The predicted octanol–water partition coefficient (Wildman–Crippen LogP) is 3.17. The Bertz CT molecular complexity index is 576. The van der Waals surface area contributed by atoms with Crippen molar-refractivity contribution < 1.29 is 9.59 Å². The zero-order valence-corrected chi connectivity index (χ0v) is 11.8. The third kappa shape index (κ3) is 1.82. The van der Waals surface area contributed by atoms with Gasteiger partial charge in [0, 0.05) is 11.6 Å². The number of benzene rings is 1. The number of hydrogen-bond donors (Lipinski definition) is 0. The van der Waals surface area contributed by atoms with Gasteiger partial charge in [-0.05, 0) is 30.5 Å². The van der Waals surface area contributed by atoms with Crippen molar-refractivity contribution in [1.29, 1.82) is 0 Å². The Morgan fingerprint density at radius 2 is 2.00 bits per heavy atom. The molecule has 2 saturated heterocycles. The van der Waals surface area contributed by atoms with Crippen molar-refractivity contribution in [2.24, 2.45) is 5.92 Å². The summed E-state index contributed by atoms with van der Waals surface area (Å²) < 4.78 is 0. The van der Waals surface area contributed by atoms with Gasteiger partial charge in [-0.3, -0.25) is 4.79 Å². The highest BCUT2D eigenvalue weighted by Gasteiger charge is 2.51. The van der Waals surface area contributed by atoms with E-state index in [1.54, 1.807) is 23.1 Å². The molecule has 6 heteroatoms. The maximum absolute atomic E-state index is 12.4. The van der Waals surface area contributed by atoms with Gasteiger partial charge < -0.3 is 4.90 Å². The highest BCUT2D eigenvalue weighted by atomic mass is 35.5. The highest BCUT2D eigenvalue weighted by Crippen LogP contribution is 2.38. The molecule has 0 radical (unpaired) electrons. The lowest BCUT2D eigenvalue weighted by Crippen LogP contribution is -2.33. The molecule has 0 aromatic heterocycles. The summed E-state index contributed by atoms with van der Waals surface area (Å²) in [5.74, 6) is -0.0291. The number of nitrogens with zero attached hydrogens (tertiary/aromatic N) is 2. The molecule has 2 fully saturated rings. The summed E-state index contributed by atoms with van der Waals surface area (Å²) in [5, 5.41) is 0.792. The van der Waals surface area contributed by atoms with Crippen LogP contribution in [0.25, 0.3) is 0 Å². The molecule has 1 aromatic rings. The smallest absolute Gasteiger partial charge is 0.312 e. The minimum absolute atomic E-state index is 0.180. The molecule has 2 atom stereocenters. The minimum atomic E-state index is -0.359. The number of amides is 3. The van der Waals surface area contributed by atoms with E-state index in [4.69, 9.17) is 23.2 Å². The van der Waals surface area contributed by atoms with Gasteiger partial charge in [0.1, 0.15) is 6.04 Å². The molecule has 0 aliphatic carbocycles. The molecule has 0 spiro atoms. The molecule has 4 nitrogen and oxygen atoms in total. The second-order valence-electron chi connectivity index (χ2n) is 4.96. The van der Waals surface area contributed by atoms with Crippen LogP contribution in [0, 0.1) is 5.92 Å². The molecule has 2 aliphatic rings. The van der Waals surface area contributed by atoms with Crippen molar-refractivity contribution in [2.45, 2.75) is 19.4 Å². The van der Waals surface area contributed by atoms with Crippen LogP contribution in [-0.4, -0.2) is 29.4 Å². The summed E-state index contributed by atoms with van der Waals surface area (Å²) in [4.78, 5) is 27.5. The topological polar surface area (TPSA) is 40.6 Å². The van der Waals surface area contributed by atoms with E-state index in [0.717, 1.165) is 11.3 Å². The largest absolute Gasteiger partial charge is 0.332 e. The van der Waals surface area contributed by atoms with Gasteiger partial charge in [0.2, 0.25) is 0 Å².